The molecule has 9 nitrogen and oxygen atoms in total. The Balaban J connectivity index is 1.26. The first-order chi connectivity index (χ1) is 13.6. The summed E-state index contributed by atoms with van der Waals surface area (Å²) in [6, 6.07) is 0. The molecule has 0 radical (unpaired) electrons. The molecule has 1 N–H and O–H groups in total. The summed E-state index contributed by atoms with van der Waals surface area (Å²) in [5, 5.41) is 7.42. The van der Waals surface area contributed by atoms with Crippen molar-refractivity contribution in [2.75, 3.05) is 64.8 Å². The summed E-state index contributed by atoms with van der Waals surface area (Å²) in [6.07, 6.45) is 1.63. The summed E-state index contributed by atoms with van der Waals surface area (Å²) < 4.78 is 5.38. The number of likely N-dealkylation sites (tertiary alicyclic amines) is 2. The fraction of sp³-hybridized carbons (Fsp3) is 0.778. The maximum absolute atomic E-state index is 13.1. The summed E-state index contributed by atoms with van der Waals surface area (Å²) in [5.74, 6) is 1.34. The van der Waals surface area contributed by atoms with Crippen molar-refractivity contribution in [2.45, 2.75) is 24.9 Å². The van der Waals surface area contributed by atoms with Crippen LogP contribution in [0.5, 0.6) is 0 Å². The van der Waals surface area contributed by atoms with E-state index in [4.69, 9.17) is 4.74 Å². The molecule has 3 aliphatic rings. The number of carbonyl (C=O) groups excluding carboxylic acids is 2. The van der Waals surface area contributed by atoms with Crippen molar-refractivity contribution in [1.82, 2.24) is 29.9 Å². The molecule has 2 amide bonds. The van der Waals surface area contributed by atoms with Crippen molar-refractivity contribution in [3.05, 3.63) is 5.82 Å². The molecule has 1 spiro atoms. The number of aryl methyl sites for hydroxylation is 1. The van der Waals surface area contributed by atoms with Crippen LogP contribution in [0.25, 0.3) is 0 Å². The number of aromatic nitrogens is 3. The van der Waals surface area contributed by atoms with Crippen molar-refractivity contribution in [1.29, 1.82) is 0 Å². The quantitative estimate of drug-likeness (QED) is 0.662. The van der Waals surface area contributed by atoms with E-state index in [0.29, 0.717) is 24.0 Å². The highest BCUT2D eigenvalue weighted by atomic mass is 32.2. The van der Waals surface area contributed by atoms with E-state index < -0.39 is 0 Å². The van der Waals surface area contributed by atoms with Crippen molar-refractivity contribution in [2.24, 2.45) is 5.41 Å². The minimum atomic E-state index is -0.369. The number of nitrogens with one attached hydrogen (secondary N) is 1. The van der Waals surface area contributed by atoms with Crippen LogP contribution in [0.3, 0.4) is 0 Å². The molecule has 0 aliphatic carbocycles. The van der Waals surface area contributed by atoms with Gasteiger partial charge in [0.25, 0.3) is 0 Å². The zero-order valence-corrected chi connectivity index (χ0v) is 17.2. The summed E-state index contributed by atoms with van der Waals surface area (Å²) in [5.41, 5.74) is -0.369. The second kappa shape index (κ2) is 8.38. The average Bonchev–Trinajstić information content (AvgIpc) is 3.41. The Morgan fingerprint density at radius 3 is 2.75 bits per heavy atom. The monoisotopic (exact) mass is 408 g/mol. The number of nitrogens with zero attached hydrogens (tertiary/aromatic N) is 5. The first-order valence-electron chi connectivity index (χ1n) is 9.95. The van der Waals surface area contributed by atoms with Gasteiger partial charge in [0.15, 0.2) is 0 Å². The molecule has 3 fully saturated rings. The second-order valence-electron chi connectivity index (χ2n) is 7.83. The third kappa shape index (κ3) is 4.18. The summed E-state index contributed by atoms with van der Waals surface area (Å²) in [6.45, 7) is 8.96. The van der Waals surface area contributed by atoms with Crippen molar-refractivity contribution >= 4 is 23.6 Å². The number of rotatable bonds is 6. The van der Waals surface area contributed by atoms with Crippen molar-refractivity contribution in [3.8, 4) is 0 Å². The van der Waals surface area contributed by atoms with Crippen LogP contribution in [0.2, 0.25) is 0 Å². The Morgan fingerprint density at radius 1 is 1.21 bits per heavy atom. The zero-order valence-electron chi connectivity index (χ0n) is 16.4. The Kier molecular flexibility index (Phi) is 5.88. The number of hydrogen-bond acceptors (Lipinski definition) is 7. The van der Waals surface area contributed by atoms with Gasteiger partial charge in [-0.2, -0.15) is 0 Å². The molecule has 1 atom stereocenters. The van der Waals surface area contributed by atoms with Crippen LogP contribution in [0, 0.1) is 12.3 Å². The summed E-state index contributed by atoms with van der Waals surface area (Å²) in [4.78, 5) is 36.1. The Bertz CT molecular complexity index is 722. The van der Waals surface area contributed by atoms with Crippen LogP contribution in [0.15, 0.2) is 5.16 Å². The number of ether oxygens (including phenoxy) is 1. The molecular formula is C18H28N6O3S. The smallest absolute Gasteiger partial charge is 0.233 e. The lowest BCUT2D eigenvalue weighted by Crippen LogP contribution is -2.44. The molecule has 154 valence electrons. The zero-order chi connectivity index (χ0) is 19.6. The number of aromatic amines is 1. The molecule has 3 aliphatic heterocycles. The van der Waals surface area contributed by atoms with Gasteiger partial charge in [-0.15, -0.1) is 5.10 Å². The maximum atomic E-state index is 13.1. The van der Waals surface area contributed by atoms with Crippen molar-refractivity contribution < 1.29 is 14.3 Å². The van der Waals surface area contributed by atoms with Gasteiger partial charge in [0, 0.05) is 45.8 Å². The average molecular weight is 409 g/mol. The van der Waals surface area contributed by atoms with E-state index in [1.807, 2.05) is 16.7 Å². The van der Waals surface area contributed by atoms with Gasteiger partial charge < -0.3 is 14.5 Å². The predicted molar refractivity (Wildman–Crippen MR) is 104 cm³/mol. The number of amides is 2. The van der Waals surface area contributed by atoms with Gasteiger partial charge >= 0.3 is 0 Å². The number of hydrogen-bond donors (Lipinski definition) is 1. The lowest BCUT2D eigenvalue weighted by atomic mass is 9.85. The minimum absolute atomic E-state index is 0.0592. The van der Waals surface area contributed by atoms with Gasteiger partial charge in [-0.3, -0.25) is 19.6 Å². The Morgan fingerprint density at radius 2 is 2.00 bits per heavy atom. The number of morpholine rings is 1. The van der Waals surface area contributed by atoms with Gasteiger partial charge in [0.1, 0.15) is 5.82 Å². The summed E-state index contributed by atoms with van der Waals surface area (Å²) >= 11 is 1.34. The first kappa shape index (κ1) is 19.7. The van der Waals surface area contributed by atoms with Crippen LogP contribution >= 0.6 is 11.8 Å². The standard InChI is InChI=1S/C18H28N6O3S/c1-14-19-17(21-20-14)28-12-15(25)24-5-3-18(13-24)2-4-23(16(18)26)7-6-22-8-10-27-11-9-22/h2-13H2,1H3,(H,19,20,21). The molecule has 1 aromatic heterocycles. The van der Waals surface area contributed by atoms with Gasteiger partial charge in [-0.25, -0.2) is 4.98 Å². The maximum Gasteiger partial charge on any atom is 0.233 e. The molecular weight excluding hydrogens is 380 g/mol. The number of H-pyrrole nitrogens is 1. The van der Waals surface area contributed by atoms with Gasteiger partial charge in [-0.05, 0) is 19.8 Å². The summed E-state index contributed by atoms with van der Waals surface area (Å²) in [7, 11) is 0. The number of carbonyl (C=O) groups is 2. The largest absolute Gasteiger partial charge is 0.379 e. The van der Waals surface area contributed by atoms with E-state index in [9.17, 15) is 9.59 Å². The molecule has 3 saturated heterocycles. The van der Waals surface area contributed by atoms with Crippen molar-refractivity contribution in [3.63, 3.8) is 0 Å². The molecule has 10 heteroatoms. The van der Waals surface area contributed by atoms with Crippen LogP contribution in [-0.2, 0) is 14.3 Å². The lowest BCUT2D eigenvalue weighted by molar-refractivity contribution is -0.136. The van der Waals surface area contributed by atoms with Crippen LogP contribution in [-0.4, -0.2) is 106 Å². The predicted octanol–water partition coefficient (Wildman–Crippen LogP) is -0.0116. The highest BCUT2D eigenvalue weighted by molar-refractivity contribution is 7.99. The number of thioether (sulfide) groups is 1. The fourth-order valence-corrected chi connectivity index (χ4v) is 5.01. The van der Waals surface area contributed by atoms with Crippen LogP contribution < -0.4 is 0 Å². The van der Waals surface area contributed by atoms with E-state index in [-0.39, 0.29) is 17.2 Å². The molecule has 4 rings (SSSR count). The molecule has 0 bridgehead atoms. The molecule has 4 heterocycles. The molecule has 28 heavy (non-hydrogen) atoms. The molecule has 0 saturated carbocycles. The lowest BCUT2D eigenvalue weighted by Gasteiger charge is -2.29. The van der Waals surface area contributed by atoms with Crippen LogP contribution in [0.1, 0.15) is 18.7 Å². The fourth-order valence-electron chi connectivity index (χ4n) is 4.26. The van der Waals surface area contributed by atoms with E-state index in [1.54, 1.807) is 0 Å². The third-order valence-corrected chi connectivity index (χ3v) is 6.83. The van der Waals surface area contributed by atoms with Gasteiger partial charge in [0.05, 0.1) is 24.4 Å². The minimum Gasteiger partial charge on any atom is -0.379 e. The topological polar surface area (TPSA) is 94.7 Å². The molecule has 1 unspecified atom stereocenters. The first-order valence-corrected chi connectivity index (χ1v) is 10.9. The highest BCUT2D eigenvalue weighted by Crippen LogP contribution is 2.40. The Labute approximate surface area is 169 Å². The van der Waals surface area contributed by atoms with Gasteiger partial charge in [-0.1, -0.05) is 11.8 Å². The van der Waals surface area contributed by atoms with E-state index >= 15 is 0 Å². The highest BCUT2D eigenvalue weighted by Gasteiger charge is 2.51. The second-order valence-corrected chi connectivity index (χ2v) is 8.78. The van der Waals surface area contributed by atoms with E-state index in [2.05, 4.69) is 20.1 Å². The molecule has 0 aromatic carbocycles. The normalized spacial score (nSPS) is 26.0. The van der Waals surface area contributed by atoms with Crippen LogP contribution in [0.4, 0.5) is 0 Å². The third-order valence-electron chi connectivity index (χ3n) is 6.00. The van der Waals surface area contributed by atoms with Gasteiger partial charge in [0.2, 0.25) is 17.0 Å². The Hall–Kier alpha value is -1.65. The molecule has 1 aromatic rings. The SMILES string of the molecule is Cc1nc(SCC(=O)N2CCC3(CCN(CCN4CCOCC4)C3=O)C2)n[nH]1. The van der Waals surface area contributed by atoms with E-state index in [1.165, 1.54) is 11.8 Å². The van der Waals surface area contributed by atoms with E-state index in [0.717, 1.165) is 64.6 Å².